The summed E-state index contributed by atoms with van der Waals surface area (Å²) in [4.78, 5) is 13.4. The molecule has 1 aliphatic rings. The van der Waals surface area contributed by atoms with Gasteiger partial charge in [-0.3, -0.25) is 4.79 Å². The minimum atomic E-state index is -0.995. The summed E-state index contributed by atoms with van der Waals surface area (Å²) in [6.07, 6.45) is 2.77. The van der Waals surface area contributed by atoms with E-state index in [1.807, 2.05) is 6.92 Å². The maximum absolute atomic E-state index is 11.1. The van der Waals surface area contributed by atoms with E-state index in [1.54, 1.807) is 0 Å². The lowest BCUT2D eigenvalue weighted by atomic mass is 9.78. The predicted molar refractivity (Wildman–Crippen MR) is 62.3 cm³/mol. The highest BCUT2D eigenvalue weighted by Crippen LogP contribution is 2.32. The number of aliphatic carboxylic acids is 1. The number of hydrogen-bond donors (Lipinski definition) is 2. The molecule has 1 fully saturated rings. The van der Waals surface area contributed by atoms with Gasteiger partial charge in [0.15, 0.2) is 0 Å². The number of hydrogen-bond acceptors (Lipinski definition) is 3. The van der Waals surface area contributed by atoms with E-state index in [-0.39, 0.29) is 0 Å². The average Bonchev–Trinajstić information content (AvgIpc) is 2.22. The fraction of sp³-hybridized carbons (Fsp3) is 0.917. The number of piperidine rings is 1. The van der Waals surface area contributed by atoms with Crippen molar-refractivity contribution >= 4 is 5.97 Å². The molecule has 2 N–H and O–H groups in total. The largest absolute Gasteiger partial charge is 0.481 e. The molecule has 0 amide bonds. The Hall–Kier alpha value is -0.610. The first-order chi connectivity index (χ1) is 7.53. The quantitative estimate of drug-likeness (QED) is 0.746. The van der Waals surface area contributed by atoms with Gasteiger partial charge < -0.3 is 15.1 Å². The third-order valence-corrected chi connectivity index (χ3v) is 3.62. The summed E-state index contributed by atoms with van der Waals surface area (Å²) in [7, 11) is 0. The molecule has 0 saturated carbocycles. The van der Waals surface area contributed by atoms with Gasteiger partial charge in [0.05, 0.1) is 11.5 Å². The Bertz CT molecular complexity index is 234. The SMILES string of the molecule is CCCN1CCC(O)(C(CC)C(=O)O)CC1. The van der Waals surface area contributed by atoms with Crippen molar-refractivity contribution in [3.63, 3.8) is 0 Å². The van der Waals surface area contributed by atoms with Crippen LogP contribution in [0.2, 0.25) is 0 Å². The summed E-state index contributed by atoms with van der Waals surface area (Å²) in [6.45, 7) is 6.63. The third kappa shape index (κ3) is 2.95. The van der Waals surface area contributed by atoms with Crippen molar-refractivity contribution in [3.8, 4) is 0 Å². The Kier molecular flexibility index (Phi) is 4.74. The number of carbonyl (C=O) groups is 1. The van der Waals surface area contributed by atoms with E-state index >= 15 is 0 Å². The summed E-state index contributed by atoms with van der Waals surface area (Å²) >= 11 is 0. The van der Waals surface area contributed by atoms with E-state index in [0.29, 0.717) is 19.3 Å². The first-order valence-electron chi connectivity index (χ1n) is 6.21. The van der Waals surface area contributed by atoms with E-state index in [1.165, 1.54) is 0 Å². The highest BCUT2D eigenvalue weighted by atomic mass is 16.4. The van der Waals surface area contributed by atoms with Crippen LogP contribution in [0.4, 0.5) is 0 Å². The third-order valence-electron chi connectivity index (χ3n) is 3.62. The van der Waals surface area contributed by atoms with E-state index in [4.69, 9.17) is 5.11 Å². The lowest BCUT2D eigenvalue weighted by molar-refractivity contribution is -0.156. The molecule has 0 aromatic rings. The number of rotatable bonds is 5. The maximum atomic E-state index is 11.1. The Morgan fingerprint density at radius 1 is 1.38 bits per heavy atom. The molecule has 0 spiro atoms. The van der Waals surface area contributed by atoms with Gasteiger partial charge in [-0.2, -0.15) is 0 Å². The monoisotopic (exact) mass is 229 g/mol. The van der Waals surface area contributed by atoms with Gasteiger partial charge in [-0.25, -0.2) is 0 Å². The first-order valence-corrected chi connectivity index (χ1v) is 6.21. The van der Waals surface area contributed by atoms with Crippen molar-refractivity contribution in [3.05, 3.63) is 0 Å². The molecule has 1 atom stereocenters. The van der Waals surface area contributed by atoms with Crippen LogP contribution in [0.3, 0.4) is 0 Å². The van der Waals surface area contributed by atoms with Gasteiger partial charge in [0, 0.05) is 13.1 Å². The van der Waals surface area contributed by atoms with Crippen LogP contribution in [0.5, 0.6) is 0 Å². The number of likely N-dealkylation sites (tertiary alicyclic amines) is 1. The first kappa shape index (κ1) is 13.5. The number of carboxylic acids is 1. The molecule has 0 aromatic heterocycles. The molecule has 1 heterocycles. The molecule has 4 nitrogen and oxygen atoms in total. The van der Waals surface area contributed by atoms with Crippen molar-refractivity contribution in [2.75, 3.05) is 19.6 Å². The summed E-state index contributed by atoms with van der Waals surface area (Å²) < 4.78 is 0. The predicted octanol–water partition coefficient (Wildman–Crippen LogP) is 1.33. The molecule has 0 radical (unpaired) electrons. The topological polar surface area (TPSA) is 60.8 Å². The molecule has 1 rings (SSSR count). The van der Waals surface area contributed by atoms with Crippen LogP contribution in [0.25, 0.3) is 0 Å². The van der Waals surface area contributed by atoms with E-state index in [0.717, 1.165) is 26.1 Å². The minimum Gasteiger partial charge on any atom is -0.481 e. The summed E-state index contributed by atoms with van der Waals surface area (Å²) in [5.74, 6) is -1.48. The van der Waals surface area contributed by atoms with Crippen molar-refractivity contribution in [1.82, 2.24) is 4.90 Å². The van der Waals surface area contributed by atoms with Crippen LogP contribution < -0.4 is 0 Å². The highest BCUT2D eigenvalue weighted by molar-refractivity contribution is 5.71. The molecule has 1 aliphatic heterocycles. The smallest absolute Gasteiger partial charge is 0.309 e. The van der Waals surface area contributed by atoms with Crippen LogP contribution in [0.15, 0.2) is 0 Å². The van der Waals surface area contributed by atoms with Gasteiger partial charge >= 0.3 is 5.97 Å². The van der Waals surface area contributed by atoms with E-state index in [2.05, 4.69) is 11.8 Å². The minimum absolute atomic E-state index is 0.500. The second-order valence-electron chi connectivity index (χ2n) is 4.74. The van der Waals surface area contributed by atoms with Gasteiger partial charge in [-0.1, -0.05) is 13.8 Å². The van der Waals surface area contributed by atoms with E-state index in [9.17, 15) is 9.90 Å². The zero-order chi connectivity index (χ0) is 12.2. The molecule has 4 heteroatoms. The Balaban J connectivity index is 2.57. The van der Waals surface area contributed by atoms with Gasteiger partial charge in [-0.15, -0.1) is 0 Å². The zero-order valence-corrected chi connectivity index (χ0v) is 10.3. The van der Waals surface area contributed by atoms with Gasteiger partial charge in [0.2, 0.25) is 0 Å². The van der Waals surface area contributed by atoms with Crippen molar-refractivity contribution in [2.24, 2.45) is 5.92 Å². The molecule has 1 saturated heterocycles. The normalized spacial score (nSPS) is 22.9. The Morgan fingerprint density at radius 3 is 2.31 bits per heavy atom. The van der Waals surface area contributed by atoms with Gasteiger partial charge in [0.1, 0.15) is 0 Å². The Morgan fingerprint density at radius 2 is 1.94 bits per heavy atom. The fourth-order valence-electron chi connectivity index (χ4n) is 2.61. The average molecular weight is 229 g/mol. The number of carboxylic acid groups (broad SMARTS) is 1. The molecule has 0 aliphatic carbocycles. The second-order valence-corrected chi connectivity index (χ2v) is 4.74. The lowest BCUT2D eigenvalue weighted by Gasteiger charge is -2.41. The van der Waals surface area contributed by atoms with Crippen LogP contribution >= 0.6 is 0 Å². The van der Waals surface area contributed by atoms with Crippen LogP contribution in [0, 0.1) is 5.92 Å². The molecule has 94 valence electrons. The molecule has 0 bridgehead atoms. The molecular formula is C12H23NO3. The van der Waals surface area contributed by atoms with Crippen molar-refractivity contribution in [1.29, 1.82) is 0 Å². The van der Waals surface area contributed by atoms with E-state index < -0.39 is 17.5 Å². The lowest BCUT2D eigenvalue weighted by Crippen LogP contribution is -2.51. The number of aliphatic hydroxyl groups is 1. The second kappa shape index (κ2) is 5.64. The van der Waals surface area contributed by atoms with Crippen molar-refractivity contribution in [2.45, 2.75) is 45.1 Å². The zero-order valence-electron chi connectivity index (χ0n) is 10.3. The summed E-state index contributed by atoms with van der Waals surface area (Å²) in [5, 5.41) is 19.5. The Labute approximate surface area is 97.3 Å². The molecule has 0 aromatic carbocycles. The van der Waals surface area contributed by atoms with Crippen LogP contribution in [-0.4, -0.2) is 46.3 Å². The standard InChI is InChI=1S/C12H23NO3/c1-3-7-13-8-5-12(16,6-9-13)10(4-2)11(14)15/h10,16H,3-9H2,1-2H3,(H,14,15). The van der Waals surface area contributed by atoms with Gasteiger partial charge in [-0.05, 0) is 32.2 Å². The molecule has 1 unspecified atom stereocenters. The maximum Gasteiger partial charge on any atom is 0.309 e. The molecular weight excluding hydrogens is 206 g/mol. The fourth-order valence-corrected chi connectivity index (χ4v) is 2.61. The van der Waals surface area contributed by atoms with Gasteiger partial charge in [0.25, 0.3) is 0 Å². The number of nitrogens with zero attached hydrogens (tertiary/aromatic N) is 1. The summed E-state index contributed by atoms with van der Waals surface area (Å²) in [6, 6.07) is 0. The van der Waals surface area contributed by atoms with Crippen LogP contribution in [-0.2, 0) is 4.79 Å². The highest BCUT2D eigenvalue weighted by Gasteiger charge is 2.42. The van der Waals surface area contributed by atoms with Crippen molar-refractivity contribution < 1.29 is 15.0 Å². The summed E-state index contributed by atoms with van der Waals surface area (Å²) in [5.41, 5.74) is -0.995. The molecule has 16 heavy (non-hydrogen) atoms. The van der Waals surface area contributed by atoms with Crippen LogP contribution in [0.1, 0.15) is 39.5 Å².